The number of hydrogen-bond acceptors (Lipinski definition) is 5. The monoisotopic (exact) mass is 369 g/mol. The van der Waals surface area contributed by atoms with E-state index in [2.05, 4.69) is 20.6 Å². The summed E-state index contributed by atoms with van der Waals surface area (Å²) in [6, 6.07) is 7.04. The van der Waals surface area contributed by atoms with Gasteiger partial charge in [0.2, 0.25) is 5.82 Å². The van der Waals surface area contributed by atoms with Gasteiger partial charge in [-0.25, -0.2) is 0 Å². The molecule has 0 radical (unpaired) electrons. The minimum absolute atomic E-state index is 0.186. The molecule has 2 aromatic rings. The van der Waals surface area contributed by atoms with Gasteiger partial charge in [-0.2, -0.15) is 5.21 Å². The number of allylic oxidation sites excluding steroid dienone is 2. The fourth-order valence-corrected chi connectivity index (χ4v) is 3.44. The van der Waals surface area contributed by atoms with Crippen molar-refractivity contribution in [3.05, 3.63) is 41.5 Å². The third kappa shape index (κ3) is 3.89. The number of piperidine rings is 1. The molecule has 8 nitrogen and oxygen atoms in total. The smallest absolute Gasteiger partial charge is 0.311 e. The molecule has 1 fully saturated rings. The average Bonchev–Trinajstić information content (AvgIpc) is 3.20. The van der Waals surface area contributed by atoms with Crippen molar-refractivity contribution in [1.29, 1.82) is 0 Å². The molecule has 27 heavy (non-hydrogen) atoms. The Balaban J connectivity index is 1.90. The van der Waals surface area contributed by atoms with Gasteiger partial charge in [0.1, 0.15) is 0 Å². The quantitative estimate of drug-likeness (QED) is 0.783. The first-order valence-electron chi connectivity index (χ1n) is 8.92. The Morgan fingerprint density at radius 3 is 2.78 bits per heavy atom. The molecule has 2 heterocycles. The molecule has 1 aliphatic rings. The van der Waals surface area contributed by atoms with E-state index in [9.17, 15) is 14.7 Å². The highest BCUT2D eigenvalue weighted by Gasteiger charge is 2.43. The van der Waals surface area contributed by atoms with Crippen molar-refractivity contribution in [2.24, 2.45) is 5.41 Å². The van der Waals surface area contributed by atoms with Gasteiger partial charge in [-0.3, -0.25) is 9.59 Å². The van der Waals surface area contributed by atoms with Gasteiger partial charge < -0.3 is 10.0 Å². The Labute approximate surface area is 157 Å². The highest BCUT2D eigenvalue weighted by molar-refractivity contribution is 6.00. The van der Waals surface area contributed by atoms with Crippen LogP contribution in [0.3, 0.4) is 0 Å². The third-order valence-electron chi connectivity index (χ3n) is 4.96. The fraction of sp³-hybridized carbons (Fsp3) is 0.421. The highest BCUT2D eigenvalue weighted by Crippen LogP contribution is 2.36. The first-order valence-corrected chi connectivity index (χ1v) is 8.92. The number of amides is 1. The summed E-state index contributed by atoms with van der Waals surface area (Å²) in [5, 5.41) is 23.7. The number of aliphatic carboxylic acids is 1. The number of rotatable bonds is 5. The number of carbonyl (C=O) groups excluding carboxylic acids is 1. The zero-order valence-electron chi connectivity index (χ0n) is 15.5. The van der Waals surface area contributed by atoms with Gasteiger partial charge in [0.25, 0.3) is 5.91 Å². The molecule has 2 N–H and O–H groups in total. The second kappa shape index (κ2) is 7.69. The molecule has 1 atom stereocenters. The third-order valence-corrected chi connectivity index (χ3v) is 4.96. The lowest BCUT2D eigenvalue weighted by molar-refractivity contribution is -0.151. The van der Waals surface area contributed by atoms with Gasteiger partial charge in [0.15, 0.2) is 0 Å². The number of nitrogens with one attached hydrogen (secondary N) is 1. The molecule has 0 bridgehead atoms. The number of tetrazole rings is 1. The van der Waals surface area contributed by atoms with Crippen LogP contribution in [0.5, 0.6) is 0 Å². The van der Waals surface area contributed by atoms with E-state index < -0.39 is 11.4 Å². The van der Waals surface area contributed by atoms with Crippen LogP contribution in [0, 0.1) is 5.41 Å². The number of likely N-dealkylation sites (tertiary alicyclic amines) is 1. The van der Waals surface area contributed by atoms with E-state index in [0.29, 0.717) is 42.8 Å². The minimum Gasteiger partial charge on any atom is -0.481 e. The maximum Gasteiger partial charge on any atom is 0.311 e. The van der Waals surface area contributed by atoms with Gasteiger partial charge >= 0.3 is 5.97 Å². The van der Waals surface area contributed by atoms with Crippen LogP contribution in [-0.4, -0.2) is 55.6 Å². The van der Waals surface area contributed by atoms with E-state index in [-0.39, 0.29) is 12.5 Å². The fourth-order valence-electron chi connectivity index (χ4n) is 3.44. The standard InChI is InChI=1S/C19H23N5O3/c1-13(2)8-10-19(18(26)27)9-5-11-24(12-19)17(25)15-7-4-3-6-14(15)16-20-22-23-21-16/h3-4,6-8H,5,9-12H2,1-2H3,(H,26,27)(H,20,21,22,23)/t19-/m0/s1. The number of nitrogens with zero attached hydrogens (tertiary/aromatic N) is 4. The molecule has 142 valence electrons. The van der Waals surface area contributed by atoms with Crippen LogP contribution >= 0.6 is 0 Å². The molecular weight excluding hydrogens is 346 g/mol. The molecule has 1 amide bonds. The number of hydrogen-bond donors (Lipinski definition) is 2. The predicted molar refractivity (Wildman–Crippen MR) is 98.9 cm³/mol. The number of carbonyl (C=O) groups is 2. The molecule has 0 saturated carbocycles. The Bertz CT molecular complexity index is 858. The van der Waals surface area contributed by atoms with Crippen molar-refractivity contribution < 1.29 is 14.7 Å². The van der Waals surface area contributed by atoms with Crippen molar-refractivity contribution >= 4 is 11.9 Å². The summed E-state index contributed by atoms with van der Waals surface area (Å²) in [5.74, 6) is -0.730. The van der Waals surface area contributed by atoms with E-state index in [4.69, 9.17) is 0 Å². The lowest BCUT2D eigenvalue weighted by Crippen LogP contribution is -2.49. The summed E-state index contributed by atoms with van der Waals surface area (Å²) >= 11 is 0. The molecule has 0 unspecified atom stereocenters. The largest absolute Gasteiger partial charge is 0.481 e. The van der Waals surface area contributed by atoms with Crippen LogP contribution in [0.15, 0.2) is 35.9 Å². The summed E-state index contributed by atoms with van der Waals surface area (Å²) in [4.78, 5) is 26.9. The van der Waals surface area contributed by atoms with Crippen molar-refractivity contribution in [2.45, 2.75) is 33.1 Å². The Kier molecular flexibility index (Phi) is 5.34. The molecule has 8 heteroatoms. The van der Waals surface area contributed by atoms with Crippen LogP contribution in [0.1, 0.15) is 43.5 Å². The van der Waals surface area contributed by atoms with Gasteiger partial charge in [-0.05, 0) is 44.4 Å². The van der Waals surface area contributed by atoms with Crippen LogP contribution in [0.25, 0.3) is 11.4 Å². The van der Waals surface area contributed by atoms with E-state index in [0.717, 1.165) is 5.57 Å². The molecule has 1 aromatic heterocycles. The number of benzene rings is 1. The number of aromatic nitrogens is 4. The number of H-pyrrole nitrogens is 1. The second-order valence-electron chi connectivity index (χ2n) is 7.18. The molecule has 1 saturated heterocycles. The highest BCUT2D eigenvalue weighted by atomic mass is 16.4. The maximum absolute atomic E-state index is 13.2. The number of carboxylic acids is 1. The maximum atomic E-state index is 13.2. The van der Waals surface area contributed by atoms with Gasteiger partial charge in [0, 0.05) is 18.7 Å². The predicted octanol–water partition coefficient (Wildman–Crippen LogP) is 2.53. The summed E-state index contributed by atoms with van der Waals surface area (Å²) in [6.45, 7) is 4.61. The second-order valence-corrected chi connectivity index (χ2v) is 7.18. The molecule has 3 rings (SSSR count). The summed E-state index contributed by atoms with van der Waals surface area (Å²) in [5.41, 5.74) is 1.14. The summed E-state index contributed by atoms with van der Waals surface area (Å²) in [6.07, 6.45) is 3.57. The van der Waals surface area contributed by atoms with Crippen molar-refractivity contribution in [1.82, 2.24) is 25.5 Å². The Morgan fingerprint density at radius 1 is 1.33 bits per heavy atom. The lowest BCUT2D eigenvalue weighted by Gasteiger charge is -2.39. The Morgan fingerprint density at radius 2 is 2.11 bits per heavy atom. The van der Waals surface area contributed by atoms with Gasteiger partial charge in [-0.15, -0.1) is 10.2 Å². The lowest BCUT2D eigenvalue weighted by atomic mass is 9.76. The average molecular weight is 369 g/mol. The molecule has 0 spiro atoms. The van der Waals surface area contributed by atoms with Gasteiger partial charge in [0.05, 0.1) is 11.0 Å². The molecule has 1 aliphatic heterocycles. The normalized spacial score (nSPS) is 19.6. The summed E-state index contributed by atoms with van der Waals surface area (Å²) < 4.78 is 0. The first kappa shape index (κ1) is 18.8. The minimum atomic E-state index is -0.952. The van der Waals surface area contributed by atoms with Crippen molar-refractivity contribution in [2.75, 3.05) is 13.1 Å². The van der Waals surface area contributed by atoms with Crippen molar-refractivity contribution in [3.63, 3.8) is 0 Å². The van der Waals surface area contributed by atoms with Gasteiger partial charge in [-0.1, -0.05) is 29.8 Å². The number of carboxylic acid groups (broad SMARTS) is 1. The first-order chi connectivity index (χ1) is 12.9. The molecule has 0 aliphatic carbocycles. The molecule has 1 aromatic carbocycles. The van der Waals surface area contributed by atoms with Crippen LogP contribution < -0.4 is 0 Å². The zero-order valence-corrected chi connectivity index (χ0v) is 15.5. The molecular formula is C19H23N5O3. The van der Waals surface area contributed by atoms with E-state index in [1.165, 1.54) is 0 Å². The van der Waals surface area contributed by atoms with E-state index in [1.54, 1.807) is 29.2 Å². The van der Waals surface area contributed by atoms with Crippen LogP contribution in [0.2, 0.25) is 0 Å². The van der Waals surface area contributed by atoms with Crippen molar-refractivity contribution in [3.8, 4) is 11.4 Å². The summed E-state index contributed by atoms with van der Waals surface area (Å²) in [7, 11) is 0. The van der Waals surface area contributed by atoms with Crippen LogP contribution in [-0.2, 0) is 4.79 Å². The topological polar surface area (TPSA) is 112 Å². The zero-order chi connectivity index (χ0) is 19.4. The van der Waals surface area contributed by atoms with Crippen LogP contribution in [0.4, 0.5) is 0 Å². The van der Waals surface area contributed by atoms with E-state index in [1.807, 2.05) is 19.9 Å². The Hall–Kier alpha value is -3.03. The number of aromatic amines is 1. The van der Waals surface area contributed by atoms with E-state index >= 15 is 0 Å². The SMILES string of the molecule is CC(C)=CC[C@@]1(C(=O)O)CCCN(C(=O)c2ccccc2-c2nn[nH]n2)C1.